The maximum absolute atomic E-state index is 12.7. The molecular formula is C17H19ClN2O6S. The lowest BCUT2D eigenvalue weighted by molar-refractivity contribution is -0.385. The molecule has 0 aliphatic heterocycles. The summed E-state index contributed by atoms with van der Waals surface area (Å²) < 4.78 is 38.4. The minimum absolute atomic E-state index is 0.00353. The second-order valence-electron chi connectivity index (χ2n) is 5.76. The van der Waals surface area contributed by atoms with Crippen molar-refractivity contribution in [3.8, 4) is 11.5 Å². The summed E-state index contributed by atoms with van der Waals surface area (Å²) >= 11 is 5.98. The molecule has 0 aromatic heterocycles. The molecule has 2 aromatic carbocycles. The van der Waals surface area contributed by atoms with E-state index < -0.39 is 21.0 Å². The Labute approximate surface area is 162 Å². The average Bonchev–Trinajstić information content (AvgIpc) is 2.62. The molecule has 0 spiro atoms. The highest BCUT2D eigenvalue weighted by molar-refractivity contribution is 7.89. The molecule has 0 fully saturated rings. The van der Waals surface area contributed by atoms with Crippen LogP contribution in [0.1, 0.15) is 24.1 Å². The first-order chi connectivity index (χ1) is 12.6. The monoisotopic (exact) mass is 414 g/mol. The number of methoxy groups -OCH3 is 2. The van der Waals surface area contributed by atoms with Gasteiger partial charge < -0.3 is 9.47 Å². The zero-order chi connectivity index (χ0) is 20.4. The van der Waals surface area contributed by atoms with Crippen molar-refractivity contribution in [3.63, 3.8) is 0 Å². The Morgan fingerprint density at radius 1 is 1.19 bits per heavy atom. The summed E-state index contributed by atoms with van der Waals surface area (Å²) in [6, 6.07) is 6.47. The molecule has 27 heavy (non-hydrogen) atoms. The molecule has 0 radical (unpaired) electrons. The molecule has 1 atom stereocenters. The van der Waals surface area contributed by atoms with E-state index in [4.69, 9.17) is 21.1 Å². The fourth-order valence-corrected chi connectivity index (χ4v) is 4.07. The van der Waals surface area contributed by atoms with Crippen molar-refractivity contribution in [2.45, 2.75) is 24.8 Å². The second kappa shape index (κ2) is 8.12. The van der Waals surface area contributed by atoms with Crippen molar-refractivity contribution in [1.29, 1.82) is 0 Å². The van der Waals surface area contributed by atoms with E-state index in [-0.39, 0.29) is 21.2 Å². The van der Waals surface area contributed by atoms with Crippen LogP contribution in [0, 0.1) is 17.0 Å². The third-order valence-electron chi connectivity index (χ3n) is 4.03. The number of ether oxygens (including phenoxy) is 2. The molecule has 0 heterocycles. The first-order valence-electron chi connectivity index (χ1n) is 7.79. The summed E-state index contributed by atoms with van der Waals surface area (Å²) in [4.78, 5) is 10.2. The van der Waals surface area contributed by atoms with Crippen LogP contribution in [0.2, 0.25) is 5.02 Å². The van der Waals surface area contributed by atoms with Gasteiger partial charge in [-0.3, -0.25) is 10.1 Å². The second-order valence-corrected chi connectivity index (χ2v) is 7.88. The van der Waals surface area contributed by atoms with E-state index in [0.29, 0.717) is 17.1 Å². The van der Waals surface area contributed by atoms with Crippen LogP contribution >= 0.6 is 11.6 Å². The molecule has 2 rings (SSSR count). The zero-order valence-corrected chi connectivity index (χ0v) is 16.7. The molecule has 2 aromatic rings. The molecule has 0 saturated carbocycles. The lowest BCUT2D eigenvalue weighted by Gasteiger charge is -2.18. The standard InChI is InChI=1S/C17H19ClN2O6S/c1-10-15(18)8-13(9-16(10)20(21)22)27(23,24)19-11(2)14-7-12(25-3)5-6-17(14)26-4/h5-9,11,19H,1-4H3/t11-/m1/s1. The lowest BCUT2D eigenvalue weighted by Crippen LogP contribution is -2.27. The molecule has 0 aliphatic rings. The van der Waals surface area contributed by atoms with Crippen LogP contribution in [0.4, 0.5) is 5.69 Å². The van der Waals surface area contributed by atoms with Crippen LogP contribution in [0.3, 0.4) is 0 Å². The van der Waals surface area contributed by atoms with Gasteiger partial charge in [0.1, 0.15) is 11.5 Å². The van der Waals surface area contributed by atoms with Gasteiger partial charge >= 0.3 is 0 Å². The number of halogens is 1. The Bertz CT molecular complexity index is 978. The normalized spacial score (nSPS) is 12.5. The molecule has 146 valence electrons. The minimum Gasteiger partial charge on any atom is -0.497 e. The van der Waals surface area contributed by atoms with Gasteiger partial charge in [0, 0.05) is 23.2 Å². The van der Waals surface area contributed by atoms with Crippen LogP contribution in [0.15, 0.2) is 35.2 Å². The zero-order valence-electron chi connectivity index (χ0n) is 15.1. The topological polar surface area (TPSA) is 108 Å². The lowest BCUT2D eigenvalue weighted by atomic mass is 10.1. The maximum atomic E-state index is 12.7. The van der Waals surface area contributed by atoms with Gasteiger partial charge in [0.15, 0.2) is 0 Å². The maximum Gasteiger partial charge on any atom is 0.275 e. The van der Waals surface area contributed by atoms with Gasteiger partial charge in [-0.15, -0.1) is 0 Å². The highest BCUT2D eigenvalue weighted by Gasteiger charge is 2.25. The van der Waals surface area contributed by atoms with E-state index >= 15 is 0 Å². The fraction of sp³-hybridized carbons (Fsp3) is 0.294. The molecule has 1 N–H and O–H groups in total. The van der Waals surface area contributed by atoms with Gasteiger partial charge in [-0.05, 0) is 38.1 Å². The summed E-state index contributed by atoms with van der Waals surface area (Å²) in [6.07, 6.45) is 0. The molecule has 0 bridgehead atoms. The van der Waals surface area contributed by atoms with Crippen LogP contribution in [0.5, 0.6) is 11.5 Å². The number of hydrogen-bond donors (Lipinski definition) is 1. The van der Waals surface area contributed by atoms with Crippen LogP contribution in [-0.2, 0) is 10.0 Å². The predicted molar refractivity (Wildman–Crippen MR) is 101 cm³/mol. The number of rotatable bonds is 7. The van der Waals surface area contributed by atoms with Crippen LogP contribution < -0.4 is 14.2 Å². The Hall–Kier alpha value is -2.36. The molecule has 8 nitrogen and oxygen atoms in total. The molecule has 0 amide bonds. The van der Waals surface area contributed by atoms with Crippen molar-refractivity contribution in [1.82, 2.24) is 4.72 Å². The number of nitrogens with one attached hydrogen (secondary N) is 1. The Morgan fingerprint density at radius 3 is 2.41 bits per heavy atom. The summed E-state index contributed by atoms with van der Waals surface area (Å²) in [6.45, 7) is 3.08. The highest BCUT2D eigenvalue weighted by atomic mass is 35.5. The average molecular weight is 415 g/mol. The molecule has 0 aliphatic carbocycles. The Kier molecular flexibility index (Phi) is 6.30. The number of nitro groups is 1. The highest BCUT2D eigenvalue weighted by Crippen LogP contribution is 2.32. The number of sulfonamides is 1. The van der Waals surface area contributed by atoms with Crippen LogP contribution in [0.25, 0.3) is 0 Å². The number of nitrogens with zero attached hydrogens (tertiary/aromatic N) is 1. The quantitative estimate of drug-likeness (QED) is 0.547. The third kappa shape index (κ3) is 4.49. The Morgan fingerprint density at radius 2 is 1.85 bits per heavy atom. The Balaban J connectivity index is 2.44. The van der Waals surface area contributed by atoms with Crippen molar-refractivity contribution < 1.29 is 22.8 Å². The van der Waals surface area contributed by atoms with Crippen LogP contribution in [-0.4, -0.2) is 27.6 Å². The number of hydrogen-bond acceptors (Lipinski definition) is 6. The number of benzene rings is 2. The van der Waals surface area contributed by atoms with E-state index in [2.05, 4.69) is 4.72 Å². The van der Waals surface area contributed by atoms with Crippen molar-refractivity contribution >= 4 is 27.3 Å². The minimum atomic E-state index is -4.08. The largest absolute Gasteiger partial charge is 0.497 e. The number of nitro benzene ring substituents is 1. The first-order valence-corrected chi connectivity index (χ1v) is 9.65. The van der Waals surface area contributed by atoms with E-state index in [9.17, 15) is 18.5 Å². The smallest absolute Gasteiger partial charge is 0.275 e. The van der Waals surface area contributed by atoms with Gasteiger partial charge in [0.05, 0.1) is 29.1 Å². The molecule has 10 heteroatoms. The SMILES string of the molecule is COc1ccc(OC)c([C@@H](C)NS(=O)(=O)c2cc(Cl)c(C)c([N+](=O)[O-])c2)c1. The third-order valence-corrected chi connectivity index (χ3v) is 5.95. The first kappa shape index (κ1) is 20.9. The van der Waals surface area contributed by atoms with Gasteiger partial charge in [0.2, 0.25) is 10.0 Å². The van der Waals surface area contributed by atoms with Crippen molar-refractivity contribution in [2.75, 3.05) is 14.2 Å². The fourth-order valence-electron chi connectivity index (χ4n) is 2.53. The van der Waals surface area contributed by atoms with Crippen molar-refractivity contribution in [2.24, 2.45) is 0 Å². The summed E-state index contributed by atoms with van der Waals surface area (Å²) in [5, 5.41) is 11.1. The van der Waals surface area contributed by atoms with Gasteiger partial charge in [0.25, 0.3) is 5.69 Å². The van der Waals surface area contributed by atoms with E-state index in [1.54, 1.807) is 25.1 Å². The predicted octanol–water partition coefficient (Wildman–Crippen LogP) is 3.61. The van der Waals surface area contributed by atoms with Gasteiger partial charge in [-0.1, -0.05) is 11.6 Å². The summed E-state index contributed by atoms with van der Waals surface area (Å²) in [5.74, 6) is 1.00. The van der Waals surface area contributed by atoms with E-state index in [0.717, 1.165) is 6.07 Å². The molecule has 0 saturated heterocycles. The van der Waals surface area contributed by atoms with E-state index in [1.807, 2.05) is 0 Å². The van der Waals surface area contributed by atoms with Gasteiger partial charge in [-0.25, -0.2) is 13.1 Å². The van der Waals surface area contributed by atoms with Crippen molar-refractivity contribution in [3.05, 3.63) is 56.6 Å². The summed E-state index contributed by atoms with van der Waals surface area (Å²) in [5.41, 5.74) is 0.380. The molecule has 0 unspecified atom stereocenters. The van der Waals surface area contributed by atoms with E-state index in [1.165, 1.54) is 27.2 Å². The van der Waals surface area contributed by atoms with Gasteiger partial charge in [-0.2, -0.15) is 0 Å². The molecular weight excluding hydrogens is 396 g/mol. The summed E-state index contributed by atoms with van der Waals surface area (Å²) in [7, 11) is -1.12.